The van der Waals surface area contributed by atoms with Gasteiger partial charge in [0, 0.05) is 44.1 Å². The van der Waals surface area contributed by atoms with Crippen molar-refractivity contribution in [3.63, 3.8) is 0 Å². The van der Waals surface area contributed by atoms with Crippen molar-refractivity contribution in [3.8, 4) is 5.69 Å². The molecule has 138 valence electrons. The topological polar surface area (TPSA) is 37.2 Å². The first-order chi connectivity index (χ1) is 13.3. The van der Waals surface area contributed by atoms with Crippen LogP contribution in [0.5, 0.6) is 0 Å². The van der Waals surface area contributed by atoms with Gasteiger partial charge in [0.05, 0.1) is 0 Å². The lowest BCUT2D eigenvalue weighted by Crippen LogP contribution is -2.46. The van der Waals surface area contributed by atoms with Crippen molar-refractivity contribution in [1.29, 1.82) is 0 Å². The van der Waals surface area contributed by atoms with Gasteiger partial charge in [-0.05, 0) is 37.3 Å². The van der Waals surface area contributed by atoms with Crippen molar-refractivity contribution >= 4 is 11.8 Å². The number of anilines is 1. The number of hydrogen-bond donors (Lipinski definition) is 0. The van der Waals surface area contributed by atoms with Crippen molar-refractivity contribution in [2.75, 3.05) is 37.6 Å². The second-order valence-electron chi connectivity index (χ2n) is 6.80. The minimum atomic E-state index is 0.877. The Morgan fingerprint density at radius 3 is 2.11 bits per heavy atom. The van der Waals surface area contributed by atoms with Crippen LogP contribution in [0, 0.1) is 6.92 Å². The van der Waals surface area contributed by atoms with E-state index in [0.29, 0.717) is 0 Å². The van der Waals surface area contributed by atoms with Crippen molar-refractivity contribution in [3.05, 3.63) is 78.4 Å². The molecule has 2 heterocycles. The van der Waals surface area contributed by atoms with Gasteiger partial charge in [-0.25, -0.2) is 0 Å². The normalized spacial score (nSPS) is 15.5. The first-order valence-electron chi connectivity index (χ1n) is 9.47. The summed E-state index contributed by atoms with van der Waals surface area (Å²) < 4.78 is 2.09. The number of aryl methyl sites for hydroxylation is 1. The molecule has 0 atom stereocenters. The number of benzene rings is 2. The van der Waals surface area contributed by atoms with E-state index >= 15 is 0 Å². The maximum absolute atomic E-state index is 4.33. The second-order valence-corrected chi connectivity index (χ2v) is 6.80. The van der Waals surface area contributed by atoms with Gasteiger partial charge in [-0.3, -0.25) is 9.47 Å². The molecule has 2 aromatic carbocycles. The molecule has 5 heteroatoms. The van der Waals surface area contributed by atoms with Gasteiger partial charge >= 0.3 is 0 Å². The largest absolute Gasteiger partial charge is 0.369 e. The van der Waals surface area contributed by atoms with Crippen molar-refractivity contribution in [1.82, 2.24) is 19.7 Å². The van der Waals surface area contributed by atoms with Crippen LogP contribution >= 0.6 is 0 Å². The molecule has 0 spiro atoms. The van der Waals surface area contributed by atoms with Gasteiger partial charge in [0.15, 0.2) is 5.82 Å². The highest BCUT2D eigenvalue weighted by atomic mass is 15.3. The van der Waals surface area contributed by atoms with Crippen LogP contribution in [0.2, 0.25) is 0 Å². The highest BCUT2D eigenvalue weighted by molar-refractivity contribution is 5.47. The third-order valence-corrected chi connectivity index (χ3v) is 4.99. The quantitative estimate of drug-likeness (QED) is 0.700. The monoisotopic (exact) mass is 359 g/mol. The maximum Gasteiger partial charge on any atom is 0.160 e. The van der Waals surface area contributed by atoms with Gasteiger partial charge in [0.2, 0.25) is 0 Å². The summed E-state index contributed by atoms with van der Waals surface area (Å²) in [5.41, 5.74) is 2.41. The Labute approximate surface area is 160 Å². The molecule has 27 heavy (non-hydrogen) atoms. The first kappa shape index (κ1) is 17.5. The van der Waals surface area contributed by atoms with Crippen molar-refractivity contribution in [2.45, 2.75) is 6.92 Å². The number of nitrogens with zero attached hydrogens (tertiary/aromatic N) is 5. The van der Waals surface area contributed by atoms with Crippen molar-refractivity contribution in [2.24, 2.45) is 0 Å². The summed E-state index contributed by atoms with van der Waals surface area (Å²) in [5.74, 6) is 1.78. The molecule has 3 aromatic rings. The van der Waals surface area contributed by atoms with E-state index in [0.717, 1.165) is 50.1 Å². The van der Waals surface area contributed by atoms with Crippen LogP contribution in [0.1, 0.15) is 11.6 Å². The Morgan fingerprint density at radius 2 is 1.44 bits per heavy atom. The zero-order chi connectivity index (χ0) is 18.5. The molecule has 5 nitrogen and oxygen atoms in total. The molecule has 1 aliphatic heterocycles. The molecule has 0 unspecified atom stereocenters. The van der Waals surface area contributed by atoms with Crippen molar-refractivity contribution < 1.29 is 0 Å². The summed E-state index contributed by atoms with van der Waals surface area (Å²) in [6.07, 6.45) is 4.28. The number of hydrogen-bond acceptors (Lipinski definition) is 4. The summed E-state index contributed by atoms with van der Waals surface area (Å²) in [6, 6.07) is 20.9. The number of rotatable bonds is 5. The van der Waals surface area contributed by atoms with Gasteiger partial charge in [-0.2, -0.15) is 0 Å². The maximum atomic E-state index is 4.33. The summed E-state index contributed by atoms with van der Waals surface area (Å²) in [5, 5.41) is 8.57. The fraction of sp³-hybridized carbons (Fsp3) is 0.273. The average molecular weight is 359 g/mol. The lowest BCUT2D eigenvalue weighted by atomic mass is 10.2. The second kappa shape index (κ2) is 8.18. The standard InChI is InChI=1S/C22H25N5/c1-19-23-24-22(27(19)21-11-6-3-7-12-21)13-8-14-25-15-17-26(18-16-25)20-9-4-2-5-10-20/h2-13H,14-18H2,1H3/b13-8+. The smallest absolute Gasteiger partial charge is 0.160 e. The van der Waals surface area contributed by atoms with Crippen LogP contribution in [0.4, 0.5) is 5.69 Å². The Morgan fingerprint density at radius 1 is 0.815 bits per heavy atom. The van der Waals surface area contributed by atoms with Crippen LogP contribution in [0.15, 0.2) is 66.7 Å². The van der Waals surface area contributed by atoms with Gasteiger partial charge in [0.1, 0.15) is 5.82 Å². The molecule has 1 fully saturated rings. The molecular formula is C22H25N5. The zero-order valence-electron chi connectivity index (χ0n) is 15.7. The van der Waals surface area contributed by atoms with E-state index in [1.807, 2.05) is 25.1 Å². The fourth-order valence-electron chi connectivity index (χ4n) is 3.52. The van der Waals surface area contributed by atoms with Gasteiger partial charge in [0.25, 0.3) is 0 Å². The summed E-state index contributed by atoms with van der Waals surface area (Å²) in [7, 11) is 0. The van der Waals surface area contributed by atoms with Crippen LogP contribution in [0.25, 0.3) is 11.8 Å². The number of para-hydroxylation sites is 2. The lowest BCUT2D eigenvalue weighted by Gasteiger charge is -2.35. The molecule has 1 aliphatic rings. The Hall–Kier alpha value is -2.92. The highest BCUT2D eigenvalue weighted by Crippen LogP contribution is 2.16. The highest BCUT2D eigenvalue weighted by Gasteiger charge is 2.16. The summed E-state index contributed by atoms with van der Waals surface area (Å²) >= 11 is 0. The molecule has 0 bridgehead atoms. The number of aromatic nitrogens is 3. The molecule has 0 N–H and O–H groups in total. The fourth-order valence-corrected chi connectivity index (χ4v) is 3.52. The Bertz CT molecular complexity index is 878. The predicted molar refractivity (Wildman–Crippen MR) is 110 cm³/mol. The Balaban J connectivity index is 1.36. The van der Waals surface area contributed by atoms with Crippen LogP contribution in [-0.2, 0) is 0 Å². The molecule has 4 rings (SSSR count). The minimum absolute atomic E-state index is 0.877. The van der Waals surface area contributed by atoms with E-state index in [9.17, 15) is 0 Å². The minimum Gasteiger partial charge on any atom is -0.369 e. The lowest BCUT2D eigenvalue weighted by molar-refractivity contribution is 0.284. The molecule has 1 saturated heterocycles. The van der Waals surface area contributed by atoms with Gasteiger partial charge in [-0.1, -0.05) is 42.5 Å². The summed E-state index contributed by atoms with van der Waals surface area (Å²) in [4.78, 5) is 4.93. The Kier molecular flexibility index (Phi) is 5.30. The molecule has 0 saturated carbocycles. The molecule has 1 aromatic heterocycles. The first-order valence-corrected chi connectivity index (χ1v) is 9.47. The predicted octanol–water partition coefficient (Wildman–Crippen LogP) is 3.41. The summed E-state index contributed by atoms with van der Waals surface area (Å²) in [6.45, 7) is 7.20. The third kappa shape index (κ3) is 4.09. The van der Waals surface area contributed by atoms with Crippen LogP contribution in [0.3, 0.4) is 0 Å². The van der Waals surface area contributed by atoms with E-state index in [2.05, 4.69) is 79.2 Å². The van der Waals surface area contributed by atoms with E-state index < -0.39 is 0 Å². The van der Waals surface area contributed by atoms with Crippen LogP contribution in [-0.4, -0.2) is 52.4 Å². The van der Waals surface area contributed by atoms with Crippen LogP contribution < -0.4 is 4.90 Å². The SMILES string of the molecule is Cc1nnc(/C=C/CN2CCN(c3ccccc3)CC2)n1-c1ccccc1. The third-order valence-electron chi connectivity index (χ3n) is 4.99. The van der Waals surface area contributed by atoms with Gasteiger partial charge < -0.3 is 4.90 Å². The number of piperazine rings is 1. The van der Waals surface area contributed by atoms with E-state index in [-0.39, 0.29) is 0 Å². The zero-order valence-corrected chi connectivity index (χ0v) is 15.7. The van der Waals surface area contributed by atoms with E-state index in [4.69, 9.17) is 0 Å². The van der Waals surface area contributed by atoms with E-state index in [1.165, 1.54) is 5.69 Å². The molecule has 0 amide bonds. The average Bonchev–Trinajstić information content (AvgIpc) is 3.10. The molecule has 0 radical (unpaired) electrons. The van der Waals surface area contributed by atoms with E-state index in [1.54, 1.807) is 0 Å². The molecule has 0 aliphatic carbocycles. The molecular weight excluding hydrogens is 334 g/mol. The van der Waals surface area contributed by atoms with Gasteiger partial charge in [-0.15, -0.1) is 10.2 Å².